The monoisotopic (exact) mass is 552 g/mol. The van der Waals surface area contributed by atoms with Crippen LogP contribution in [0, 0.1) is 0 Å². The van der Waals surface area contributed by atoms with E-state index in [1.54, 1.807) is 18.2 Å². The second-order valence-corrected chi connectivity index (χ2v) is 8.03. The minimum absolute atomic E-state index is 0.0262. The normalized spacial score (nSPS) is 11.2. The van der Waals surface area contributed by atoms with Crippen LogP contribution in [0.15, 0.2) is 71.8 Å². The van der Waals surface area contributed by atoms with E-state index < -0.39 is 36.1 Å². The van der Waals surface area contributed by atoms with Crippen LogP contribution >= 0.6 is 23.2 Å². The van der Waals surface area contributed by atoms with Crippen molar-refractivity contribution >= 4 is 58.5 Å². The Morgan fingerprint density at radius 1 is 0.919 bits per heavy atom. The van der Waals surface area contributed by atoms with Crippen molar-refractivity contribution in [2.75, 3.05) is 17.2 Å². The van der Waals surface area contributed by atoms with E-state index in [9.17, 15) is 27.6 Å². The summed E-state index contributed by atoms with van der Waals surface area (Å²) in [6.45, 7) is -0.472. The predicted molar refractivity (Wildman–Crippen MR) is 133 cm³/mol. The summed E-state index contributed by atoms with van der Waals surface area (Å²) in [7, 11) is 0. The molecule has 0 fully saturated rings. The molecular formula is C24H17Cl2F3N4O4. The first-order chi connectivity index (χ1) is 17.5. The van der Waals surface area contributed by atoms with Crippen molar-refractivity contribution in [1.82, 2.24) is 5.43 Å². The average molecular weight is 553 g/mol. The summed E-state index contributed by atoms with van der Waals surface area (Å²) in [5.41, 5.74) is 1.74. The van der Waals surface area contributed by atoms with Gasteiger partial charge in [-0.2, -0.15) is 18.3 Å². The van der Waals surface area contributed by atoms with Gasteiger partial charge in [0.2, 0.25) is 0 Å². The van der Waals surface area contributed by atoms with Gasteiger partial charge in [-0.3, -0.25) is 14.4 Å². The number of nitrogens with zero attached hydrogens (tertiary/aromatic N) is 1. The SMILES string of the molecule is O=C(COc1cccc(/C=N\NC(=O)C(=O)Nc2cccc(Cl)c2Cl)c1)Nc1cccc(C(F)(F)F)c1. The van der Waals surface area contributed by atoms with Crippen LogP contribution in [0.25, 0.3) is 0 Å². The lowest BCUT2D eigenvalue weighted by molar-refractivity contribution is -0.137. The van der Waals surface area contributed by atoms with Gasteiger partial charge < -0.3 is 15.4 Å². The van der Waals surface area contributed by atoms with Gasteiger partial charge in [0.15, 0.2) is 6.61 Å². The second kappa shape index (κ2) is 12.2. The number of alkyl halides is 3. The maximum absolute atomic E-state index is 12.8. The molecule has 8 nitrogen and oxygen atoms in total. The van der Waals surface area contributed by atoms with Gasteiger partial charge in [-0.25, -0.2) is 5.43 Å². The number of nitrogens with one attached hydrogen (secondary N) is 3. The molecule has 0 spiro atoms. The van der Waals surface area contributed by atoms with Gasteiger partial charge in [-0.15, -0.1) is 0 Å². The third kappa shape index (κ3) is 8.23. The van der Waals surface area contributed by atoms with Gasteiger partial charge in [0.25, 0.3) is 5.91 Å². The maximum Gasteiger partial charge on any atom is 0.416 e. The third-order valence-electron chi connectivity index (χ3n) is 4.49. The molecule has 0 unspecified atom stereocenters. The van der Waals surface area contributed by atoms with Crippen molar-refractivity contribution in [2.45, 2.75) is 6.18 Å². The fraction of sp³-hybridized carbons (Fsp3) is 0.0833. The highest BCUT2D eigenvalue weighted by Gasteiger charge is 2.30. The van der Waals surface area contributed by atoms with E-state index in [1.165, 1.54) is 42.6 Å². The second-order valence-electron chi connectivity index (χ2n) is 7.24. The number of anilines is 2. The number of hydrogen-bond acceptors (Lipinski definition) is 5. The number of hydrazone groups is 1. The van der Waals surface area contributed by atoms with E-state index in [1.807, 2.05) is 0 Å². The fourth-order valence-corrected chi connectivity index (χ4v) is 3.15. The molecule has 37 heavy (non-hydrogen) atoms. The lowest BCUT2D eigenvalue weighted by atomic mass is 10.2. The Kier molecular flexibility index (Phi) is 9.10. The number of carbonyl (C=O) groups excluding carboxylic acids is 3. The molecule has 0 atom stereocenters. The Morgan fingerprint density at radius 2 is 1.65 bits per heavy atom. The van der Waals surface area contributed by atoms with Crippen LogP contribution in [0.4, 0.5) is 24.5 Å². The molecule has 3 rings (SSSR count). The predicted octanol–water partition coefficient (Wildman–Crippen LogP) is 5.12. The average Bonchev–Trinajstić information content (AvgIpc) is 2.85. The van der Waals surface area contributed by atoms with E-state index in [4.69, 9.17) is 27.9 Å². The van der Waals surface area contributed by atoms with E-state index >= 15 is 0 Å². The maximum atomic E-state index is 12.8. The van der Waals surface area contributed by atoms with E-state index in [-0.39, 0.29) is 27.2 Å². The molecule has 13 heteroatoms. The standard InChI is InChI=1S/C24H17Cl2F3N4O4/c25-18-8-3-9-19(21(18)26)32-22(35)23(36)33-30-12-14-4-1-7-17(10-14)37-13-20(34)31-16-6-2-5-15(11-16)24(27,28)29/h1-12H,13H2,(H,31,34)(H,32,35)(H,33,36)/b30-12-. The first kappa shape index (κ1) is 27.5. The highest BCUT2D eigenvalue weighted by Crippen LogP contribution is 2.31. The number of rotatable bonds is 7. The molecule has 0 radical (unpaired) electrons. The Hall–Kier alpha value is -4.09. The van der Waals surface area contributed by atoms with Crippen molar-refractivity contribution in [3.63, 3.8) is 0 Å². The third-order valence-corrected chi connectivity index (χ3v) is 5.31. The summed E-state index contributed by atoms with van der Waals surface area (Å²) >= 11 is 11.8. The van der Waals surface area contributed by atoms with E-state index in [0.29, 0.717) is 5.56 Å². The molecule has 3 amide bonds. The van der Waals surface area contributed by atoms with Gasteiger partial charge in [0.1, 0.15) is 5.75 Å². The van der Waals surface area contributed by atoms with Crippen LogP contribution in [-0.2, 0) is 20.6 Å². The summed E-state index contributed by atoms with van der Waals surface area (Å²) < 4.78 is 43.8. The lowest BCUT2D eigenvalue weighted by Gasteiger charge is -2.10. The molecule has 192 valence electrons. The molecule has 0 aliphatic carbocycles. The number of ether oxygens (including phenoxy) is 1. The minimum Gasteiger partial charge on any atom is -0.484 e. The molecule has 0 aliphatic heterocycles. The topological polar surface area (TPSA) is 109 Å². The Labute approximate surface area is 218 Å². The highest BCUT2D eigenvalue weighted by atomic mass is 35.5. The molecular weight excluding hydrogens is 536 g/mol. The van der Waals surface area contributed by atoms with Crippen molar-refractivity contribution < 1.29 is 32.3 Å². The van der Waals surface area contributed by atoms with Crippen LogP contribution in [0.5, 0.6) is 5.75 Å². The zero-order chi connectivity index (χ0) is 27.0. The summed E-state index contributed by atoms with van der Waals surface area (Å²) in [5, 5.41) is 8.61. The van der Waals surface area contributed by atoms with E-state index in [0.717, 1.165) is 12.1 Å². The summed E-state index contributed by atoms with van der Waals surface area (Å²) in [4.78, 5) is 36.0. The van der Waals surface area contributed by atoms with Crippen LogP contribution in [0.1, 0.15) is 11.1 Å². The van der Waals surface area contributed by atoms with Crippen LogP contribution in [0.2, 0.25) is 10.0 Å². The molecule has 3 aromatic rings. The van der Waals surface area contributed by atoms with E-state index in [2.05, 4.69) is 21.2 Å². The van der Waals surface area contributed by atoms with Gasteiger partial charge >= 0.3 is 18.0 Å². The lowest BCUT2D eigenvalue weighted by Crippen LogP contribution is -2.32. The summed E-state index contributed by atoms with van der Waals surface area (Å²) in [5.74, 6) is -2.50. The van der Waals surface area contributed by atoms with Gasteiger partial charge in [-0.05, 0) is 48.0 Å². The van der Waals surface area contributed by atoms with Crippen LogP contribution in [-0.4, -0.2) is 30.5 Å². The van der Waals surface area contributed by atoms with Gasteiger partial charge in [-0.1, -0.05) is 47.5 Å². The first-order valence-corrected chi connectivity index (χ1v) is 11.1. The van der Waals surface area contributed by atoms with Crippen molar-refractivity contribution in [3.8, 4) is 5.75 Å². The highest BCUT2D eigenvalue weighted by molar-refractivity contribution is 6.45. The molecule has 0 aromatic heterocycles. The Morgan fingerprint density at radius 3 is 2.41 bits per heavy atom. The Balaban J connectivity index is 1.50. The van der Waals surface area contributed by atoms with Crippen molar-refractivity contribution in [3.05, 3.63) is 87.9 Å². The summed E-state index contributed by atoms with van der Waals surface area (Å²) in [6.07, 6.45) is -3.31. The molecule has 3 aromatic carbocycles. The molecule has 0 heterocycles. The molecule has 0 aliphatic rings. The Bertz CT molecular complexity index is 1350. The zero-order valence-corrected chi connectivity index (χ0v) is 20.1. The number of carbonyl (C=O) groups is 3. The molecule has 0 saturated heterocycles. The first-order valence-electron chi connectivity index (χ1n) is 10.3. The van der Waals surface area contributed by atoms with Gasteiger partial charge in [0.05, 0.1) is 27.5 Å². The van der Waals surface area contributed by atoms with Crippen molar-refractivity contribution in [1.29, 1.82) is 0 Å². The molecule has 3 N–H and O–H groups in total. The largest absolute Gasteiger partial charge is 0.484 e. The number of halogens is 5. The van der Waals surface area contributed by atoms with Crippen molar-refractivity contribution in [2.24, 2.45) is 5.10 Å². The number of hydrogen-bond donors (Lipinski definition) is 3. The van der Waals surface area contributed by atoms with Crippen LogP contribution < -0.4 is 20.8 Å². The van der Waals surface area contributed by atoms with Crippen LogP contribution in [0.3, 0.4) is 0 Å². The molecule has 0 bridgehead atoms. The number of benzene rings is 3. The summed E-state index contributed by atoms with van der Waals surface area (Å²) in [6, 6.07) is 14.9. The quantitative estimate of drug-likeness (QED) is 0.215. The minimum atomic E-state index is -4.54. The van der Waals surface area contributed by atoms with Gasteiger partial charge in [0, 0.05) is 5.69 Å². The molecule has 0 saturated carbocycles. The zero-order valence-electron chi connectivity index (χ0n) is 18.6. The number of amides is 3. The smallest absolute Gasteiger partial charge is 0.416 e. The fourth-order valence-electron chi connectivity index (χ4n) is 2.80.